The summed E-state index contributed by atoms with van der Waals surface area (Å²) in [5.41, 5.74) is 2.09. The minimum absolute atomic E-state index is 0.145. The van der Waals surface area contributed by atoms with E-state index in [1.54, 1.807) is 12.1 Å². The van der Waals surface area contributed by atoms with E-state index < -0.39 is 0 Å². The van der Waals surface area contributed by atoms with Crippen LogP contribution in [0.4, 0.5) is 0 Å². The number of aromatic nitrogens is 4. The number of nitrogens with zero attached hydrogens (tertiary/aromatic N) is 4. The molecule has 27 heavy (non-hydrogen) atoms. The Morgan fingerprint density at radius 2 is 2.11 bits per heavy atom. The topological polar surface area (TPSA) is 81.3 Å². The molecule has 3 aromatic heterocycles. The van der Waals surface area contributed by atoms with Crippen molar-refractivity contribution in [3.63, 3.8) is 0 Å². The summed E-state index contributed by atoms with van der Waals surface area (Å²) in [4.78, 5) is 33.4. The van der Waals surface area contributed by atoms with Crippen LogP contribution in [0.15, 0.2) is 64.4 Å². The summed E-state index contributed by atoms with van der Waals surface area (Å²) in [5.74, 6) is -0.145. The lowest BCUT2D eigenvalue weighted by Crippen LogP contribution is -2.27. The standard InChI is InChI=1S/C19H16BrN5O2/c20-13-4-5-16-15(9-13)19(27)25(12-22-16)8-6-18(26)21-10-14-11-24-7-2-1-3-17(24)23-14/h1-5,7,9,11-12H,6,8,10H2,(H,21,26). The molecule has 0 radical (unpaired) electrons. The summed E-state index contributed by atoms with van der Waals surface area (Å²) in [6, 6.07) is 11.1. The summed E-state index contributed by atoms with van der Waals surface area (Å²) < 4.78 is 4.18. The molecule has 0 aliphatic carbocycles. The first-order valence-electron chi connectivity index (χ1n) is 8.44. The third kappa shape index (κ3) is 3.75. The number of rotatable bonds is 5. The number of pyridine rings is 1. The molecule has 4 aromatic rings. The van der Waals surface area contributed by atoms with Gasteiger partial charge in [-0.3, -0.25) is 14.2 Å². The highest BCUT2D eigenvalue weighted by molar-refractivity contribution is 9.10. The molecule has 0 aliphatic heterocycles. The van der Waals surface area contributed by atoms with Gasteiger partial charge in [-0.05, 0) is 30.3 Å². The van der Waals surface area contributed by atoms with Gasteiger partial charge in [0.2, 0.25) is 5.91 Å². The number of benzene rings is 1. The van der Waals surface area contributed by atoms with Gasteiger partial charge < -0.3 is 9.72 Å². The lowest BCUT2D eigenvalue weighted by Gasteiger charge is -2.07. The Kier molecular flexibility index (Phi) is 4.72. The highest BCUT2D eigenvalue weighted by Crippen LogP contribution is 2.14. The summed E-state index contributed by atoms with van der Waals surface area (Å²) >= 11 is 3.36. The van der Waals surface area contributed by atoms with Crippen LogP contribution in [0.1, 0.15) is 12.1 Å². The Morgan fingerprint density at radius 1 is 1.22 bits per heavy atom. The maximum Gasteiger partial charge on any atom is 0.261 e. The fourth-order valence-corrected chi connectivity index (χ4v) is 3.22. The SMILES string of the molecule is O=C(CCn1cnc2ccc(Br)cc2c1=O)NCc1cn2ccccc2n1. The first kappa shape index (κ1) is 17.4. The lowest BCUT2D eigenvalue weighted by molar-refractivity contribution is -0.121. The van der Waals surface area contributed by atoms with Crippen LogP contribution in [-0.2, 0) is 17.9 Å². The molecule has 8 heteroatoms. The van der Waals surface area contributed by atoms with Crippen LogP contribution in [0, 0.1) is 0 Å². The quantitative estimate of drug-likeness (QED) is 0.532. The molecule has 0 spiro atoms. The molecule has 0 atom stereocenters. The van der Waals surface area contributed by atoms with Crippen molar-refractivity contribution in [1.29, 1.82) is 0 Å². The van der Waals surface area contributed by atoms with Gasteiger partial charge in [0.05, 0.1) is 29.5 Å². The second-order valence-electron chi connectivity index (χ2n) is 6.13. The fourth-order valence-electron chi connectivity index (χ4n) is 2.86. The van der Waals surface area contributed by atoms with E-state index in [-0.39, 0.29) is 24.4 Å². The molecular formula is C19H16BrN5O2. The molecular weight excluding hydrogens is 410 g/mol. The second kappa shape index (κ2) is 7.32. The Balaban J connectivity index is 1.39. The fraction of sp³-hybridized carbons (Fsp3) is 0.158. The Bertz CT molecular complexity index is 1160. The maximum absolute atomic E-state index is 12.5. The number of carbonyl (C=O) groups excluding carboxylic acids is 1. The molecule has 0 fully saturated rings. The number of hydrogen-bond acceptors (Lipinski definition) is 4. The van der Waals surface area contributed by atoms with Gasteiger partial charge in [-0.15, -0.1) is 0 Å². The number of amides is 1. The number of aryl methyl sites for hydroxylation is 1. The lowest BCUT2D eigenvalue weighted by atomic mass is 10.2. The zero-order valence-corrected chi connectivity index (χ0v) is 15.9. The summed E-state index contributed by atoms with van der Waals surface area (Å²) in [6.45, 7) is 0.615. The van der Waals surface area contributed by atoms with Crippen molar-refractivity contribution in [3.8, 4) is 0 Å². The number of nitrogens with one attached hydrogen (secondary N) is 1. The number of hydrogen-bond donors (Lipinski definition) is 1. The van der Waals surface area contributed by atoms with Crippen molar-refractivity contribution in [3.05, 3.63) is 75.6 Å². The predicted octanol–water partition coefficient (Wildman–Crippen LogP) is 2.51. The minimum Gasteiger partial charge on any atom is -0.350 e. The first-order valence-corrected chi connectivity index (χ1v) is 9.23. The molecule has 0 saturated carbocycles. The van der Waals surface area contributed by atoms with E-state index in [0.29, 0.717) is 17.4 Å². The van der Waals surface area contributed by atoms with Crippen molar-refractivity contribution in [2.24, 2.45) is 0 Å². The number of carbonyl (C=O) groups is 1. The number of fused-ring (bicyclic) bond motifs is 2. The van der Waals surface area contributed by atoms with Gasteiger partial charge >= 0.3 is 0 Å². The van der Waals surface area contributed by atoms with Gasteiger partial charge in [0.1, 0.15) is 5.65 Å². The smallest absolute Gasteiger partial charge is 0.261 e. The normalized spacial score (nSPS) is 11.1. The van der Waals surface area contributed by atoms with Gasteiger partial charge in [0.15, 0.2) is 0 Å². The molecule has 1 aromatic carbocycles. The van der Waals surface area contributed by atoms with Crippen molar-refractivity contribution in [2.45, 2.75) is 19.5 Å². The van der Waals surface area contributed by atoms with Gasteiger partial charge in [-0.1, -0.05) is 22.0 Å². The van der Waals surface area contributed by atoms with Crippen molar-refractivity contribution < 1.29 is 4.79 Å². The van der Waals surface area contributed by atoms with Crippen LogP contribution in [0.3, 0.4) is 0 Å². The van der Waals surface area contributed by atoms with E-state index in [1.165, 1.54) is 10.9 Å². The van der Waals surface area contributed by atoms with Gasteiger partial charge in [0.25, 0.3) is 5.56 Å². The second-order valence-corrected chi connectivity index (χ2v) is 7.05. The summed E-state index contributed by atoms with van der Waals surface area (Å²) in [6.07, 6.45) is 5.46. The molecule has 136 valence electrons. The number of halogens is 1. The monoisotopic (exact) mass is 425 g/mol. The van der Waals surface area contributed by atoms with Crippen LogP contribution in [-0.4, -0.2) is 24.8 Å². The summed E-state index contributed by atoms with van der Waals surface area (Å²) in [7, 11) is 0. The molecule has 0 saturated heterocycles. The molecule has 0 bridgehead atoms. The van der Waals surface area contributed by atoms with E-state index >= 15 is 0 Å². The summed E-state index contributed by atoms with van der Waals surface area (Å²) in [5, 5.41) is 3.36. The van der Waals surface area contributed by atoms with Crippen LogP contribution >= 0.6 is 15.9 Å². The maximum atomic E-state index is 12.5. The highest BCUT2D eigenvalue weighted by Gasteiger charge is 2.08. The van der Waals surface area contributed by atoms with E-state index in [4.69, 9.17) is 0 Å². The van der Waals surface area contributed by atoms with E-state index in [1.807, 2.05) is 41.1 Å². The predicted molar refractivity (Wildman–Crippen MR) is 105 cm³/mol. The van der Waals surface area contributed by atoms with E-state index in [2.05, 4.69) is 31.2 Å². The zero-order valence-electron chi connectivity index (χ0n) is 14.3. The molecule has 7 nitrogen and oxygen atoms in total. The van der Waals surface area contributed by atoms with Gasteiger partial charge in [-0.25, -0.2) is 9.97 Å². The van der Waals surface area contributed by atoms with Gasteiger partial charge in [0, 0.05) is 29.8 Å². The zero-order chi connectivity index (χ0) is 18.8. The van der Waals surface area contributed by atoms with Crippen LogP contribution in [0.2, 0.25) is 0 Å². The van der Waals surface area contributed by atoms with E-state index in [0.717, 1.165) is 15.8 Å². The Labute approximate surface area is 162 Å². The first-order chi connectivity index (χ1) is 13.1. The van der Waals surface area contributed by atoms with Crippen molar-refractivity contribution >= 4 is 38.4 Å². The highest BCUT2D eigenvalue weighted by atomic mass is 79.9. The molecule has 4 rings (SSSR count). The average Bonchev–Trinajstić information content (AvgIpc) is 3.09. The van der Waals surface area contributed by atoms with Crippen LogP contribution in [0.5, 0.6) is 0 Å². The Hall–Kier alpha value is -3.00. The Morgan fingerprint density at radius 3 is 2.96 bits per heavy atom. The third-order valence-electron chi connectivity index (χ3n) is 4.25. The average molecular weight is 426 g/mol. The van der Waals surface area contributed by atoms with Crippen LogP contribution in [0.25, 0.3) is 16.6 Å². The molecule has 3 heterocycles. The molecule has 0 aliphatic rings. The van der Waals surface area contributed by atoms with Gasteiger partial charge in [-0.2, -0.15) is 0 Å². The molecule has 1 amide bonds. The number of imidazole rings is 1. The van der Waals surface area contributed by atoms with E-state index in [9.17, 15) is 9.59 Å². The largest absolute Gasteiger partial charge is 0.350 e. The van der Waals surface area contributed by atoms with Crippen molar-refractivity contribution in [2.75, 3.05) is 0 Å². The molecule has 1 N–H and O–H groups in total. The third-order valence-corrected chi connectivity index (χ3v) is 4.74. The minimum atomic E-state index is -0.158. The van der Waals surface area contributed by atoms with Crippen molar-refractivity contribution in [1.82, 2.24) is 24.3 Å². The molecule has 0 unspecified atom stereocenters. The van der Waals surface area contributed by atoms with Crippen LogP contribution < -0.4 is 10.9 Å².